The van der Waals surface area contributed by atoms with Crippen LogP contribution in [0.5, 0.6) is 0 Å². The molecule has 0 aliphatic carbocycles. The van der Waals surface area contributed by atoms with Crippen molar-refractivity contribution in [2.24, 2.45) is 17.8 Å². The van der Waals surface area contributed by atoms with Gasteiger partial charge in [0.25, 0.3) is 0 Å². The fraction of sp³-hybridized carbons (Fsp3) is 0.593. The molecule has 0 N–H and O–H groups in total. The van der Waals surface area contributed by atoms with Crippen LogP contribution in [0.3, 0.4) is 0 Å². The van der Waals surface area contributed by atoms with Crippen molar-refractivity contribution < 1.29 is 38.1 Å². The maximum Gasteiger partial charge on any atom is 0.305 e. The van der Waals surface area contributed by atoms with E-state index < -0.39 is 18.4 Å². The van der Waals surface area contributed by atoms with Gasteiger partial charge in [-0.1, -0.05) is 51.1 Å². The second-order valence-electron chi connectivity index (χ2n) is 9.56. The molecule has 2 heterocycles. The minimum atomic E-state index is -0.904. The first kappa shape index (κ1) is 27.0. The Balaban J connectivity index is 1.73. The lowest BCUT2D eigenvalue weighted by Gasteiger charge is -2.33. The fourth-order valence-corrected chi connectivity index (χ4v) is 4.78. The predicted molar refractivity (Wildman–Crippen MR) is 127 cm³/mol. The van der Waals surface area contributed by atoms with Gasteiger partial charge >= 0.3 is 11.9 Å². The molecule has 1 saturated heterocycles. The molecule has 0 radical (unpaired) electrons. The van der Waals surface area contributed by atoms with E-state index in [0.717, 1.165) is 5.56 Å². The highest BCUT2D eigenvalue weighted by atomic mass is 16.7. The van der Waals surface area contributed by atoms with Crippen molar-refractivity contribution in [1.82, 2.24) is 0 Å². The van der Waals surface area contributed by atoms with Gasteiger partial charge in [0.15, 0.2) is 5.78 Å². The van der Waals surface area contributed by atoms with Gasteiger partial charge in [-0.3, -0.25) is 14.4 Å². The predicted octanol–water partition coefficient (Wildman–Crippen LogP) is 3.61. The zero-order valence-electron chi connectivity index (χ0n) is 21.0. The average molecular weight is 489 g/mol. The van der Waals surface area contributed by atoms with Crippen LogP contribution in [-0.2, 0) is 44.7 Å². The van der Waals surface area contributed by atoms with E-state index >= 15 is 0 Å². The molecule has 8 heteroatoms. The summed E-state index contributed by atoms with van der Waals surface area (Å²) in [5, 5.41) is 0. The Morgan fingerprint density at radius 3 is 2.43 bits per heavy atom. The quantitative estimate of drug-likeness (QED) is 0.461. The van der Waals surface area contributed by atoms with Crippen molar-refractivity contribution in [2.45, 2.75) is 78.4 Å². The zero-order valence-corrected chi connectivity index (χ0v) is 21.0. The minimum absolute atomic E-state index is 0.0332. The van der Waals surface area contributed by atoms with E-state index in [0.29, 0.717) is 19.6 Å². The topological polar surface area (TPSA) is 97.4 Å². The summed E-state index contributed by atoms with van der Waals surface area (Å²) in [6.07, 6.45) is 0.987. The first-order valence-corrected chi connectivity index (χ1v) is 12.1. The first-order chi connectivity index (χ1) is 16.7. The SMILES string of the molecule is CC(=O)OC[C@H](C)CC1O[C@@H]([C@H](C)[C@H]2OC(OC(C)=O)C=CC2=O)[C@H](C)[C@H]1OCc1ccccc1. The van der Waals surface area contributed by atoms with Gasteiger partial charge in [-0.15, -0.1) is 0 Å². The van der Waals surface area contributed by atoms with Crippen molar-refractivity contribution in [3.63, 3.8) is 0 Å². The van der Waals surface area contributed by atoms with Crippen LogP contribution in [0, 0.1) is 17.8 Å². The van der Waals surface area contributed by atoms with Crippen molar-refractivity contribution in [1.29, 1.82) is 0 Å². The molecule has 2 aliphatic heterocycles. The van der Waals surface area contributed by atoms with Crippen LogP contribution in [-0.4, -0.2) is 55.0 Å². The second-order valence-corrected chi connectivity index (χ2v) is 9.56. The first-order valence-electron chi connectivity index (χ1n) is 12.1. The minimum Gasteiger partial charge on any atom is -0.466 e. The summed E-state index contributed by atoms with van der Waals surface area (Å²) in [7, 11) is 0. The number of carbonyl (C=O) groups excluding carboxylic acids is 3. The molecular weight excluding hydrogens is 452 g/mol. The number of carbonyl (C=O) groups is 3. The highest BCUT2D eigenvalue weighted by Gasteiger charge is 2.48. The summed E-state index contributed by atoms with van der Waals surface area (Å²) in [6.45, 7) is 9.39. The number of benzene rings is 1. The molecule has 1 aromatic carbocycles. The number of ketones is 1. The van der Waals surface area contributed by atoms with Crippen LogP contribution < -0.4 is 0 Å². The largest absolute Gasteiger partial charge is 0.466 e. The zero-order chi connectivity index (χ0) is 25.5. The molecule has 192 valence electrons. The molecule has 2 aliphatic rings. The normalized spacial score (nSPS) is 30.0. The molecule has 8 nitrogen and oxygen atoms in total. The molecule has 2 unspecified atom stereocenters. The summed E-state index contributed by atoms with van der Waals surface area (Å²) < 4.78 is 29.0. The Morgan fingerprint density at radius 1 is 1.06 bits per heavy atom. The Labute approximate surface area is 206 Å². The average Bonchev–Trinajstić information content (AvgIpc) is 3.12. The van der Waals surface area contributed by atoms with Gasteiger partial charge in [0.1, 0.15) is 6.10 Å². The van der Waals surface area contributed by atoms with Gasteiger partial charge in [0, 0.05) is 25.7 Å². The van der Waals surface area contributed by atoms with Crippen LogP contribution in [0.1, 0.15) is 46.6 Å². The molecule has 0 bridgehead atoms. The maximum atomic E-state index is 12.6. The van der Waals surface area contributed by atoms with E-state index in [1.807, 2.05) is 44.2 Å². The molecule has 1 fully saturated rings. The summed E-state index contributed by atoms with van der Waals surface area (Å²) in [5.41, 5.74) is 1.06. The third-order valence-electron chi connectivity index (χ3n) is 6.48. The summed E-state index contributed by atoms with van der Waals surface area (Å²) >= 11 is 0. The molecule has 35 heavy (non-hydrogen) atoms. The Kier molecular flexibility index (Phi) is 9.60. The smallest absolute Gasteiger partial charge is 0.305 e. The van der Waals surface area contributed by atoms with E-state index in [4.69, 9.17) is 23.7 Å². The number of hydrogen-bond acceptors (Lipinski definition) is 8. The standard InChI is InChI=1S/C27H36O8/c1-16(14-31-19(4)28)13-23-27(32-15-21-9-7-6-8-10-21)18(3)25(34-23)17(2)26-22(30)11-12-24(35-26)33-20(5)29/h6-12,16-18,23-27H,13-15H2,1-5H3/t16-,17+,18+,23?,24?,25+,26-,27-/m1/s1. The highest BCUT2D eigenvalue weighted by molar-refractivity contribution is 5.94. The van der Waals surface area contributed by atoms with E-state index in [1.165, 1.54) is 26.0 Å². The number of rotatable bonds is 10. The molecule has 8 atom stereocenters. The molecule has 0 spiro atoms. The van der Waals surface area contributed by atoms with E-state index in [2.05, 4.69) is 6.92 Å². The molecule has 0 saturated carbocycles. The number of esters is 2. The van der Waals surface area contributed by atoms with Gasteiger partial charge < -0.3 is 23.7 Å². The summed E-state index contributed by atoms with van der Waals surface area (Å²) in [5.74, 6) is -1.26. The Hall–Kier alpha value is -2.55. The van der Waals surface area contributed by atoms with E-state index in [1.54, 1.807) is 0 Å². The lowest BCUT2D eigenvalue weighted by atomic mass is 9.84. The van der Waals surface area contributed by atoms with E-state index in [-0.39, 0.29) is 47.8 Å². The fourth-order valence-electron chi connectivity index (χ4n) is 4.78. The second kappa shape index (κ2) is 12.4. The third kappa shape index (κ3) is 7.46. The van der Waals surface area contributed by atoms with Crippen molar-refractivity contribution >= 4 is 17.7 Å². The van der Waals surface area contributed by atoms with Gasteiger partial charge in [-0.2, -0.15) is 0 Å². The van der Waals surface area contributed by atoms with Gasteiger partial charge in [0.2, 0.25) is 6.29 Å². The van der Waals surface area contributed by atoms with Crippen LogP contribution in [0.25, 0.3) is 0 Å². The highest BCUT2D eigenvalue weighted by Crippen LogP contribution is 2.39. The summed E-state index contributed by atoms with van der Waals surface area (Å²) in [4.78, 5) is 35.2. The van der Waals surface area contributed by atoms with Crippen molar-refractivity contribution in [3.8, 4) is 0 Å². The van der Waals surface area contributed by atoms with Crippen LogP contribution in [0.4, 0.5) is 0 Å². The lowest BCUT2D eigenvalue weighted by Crippen LogP contribution is -2.44. The number of ether oxygens (including phenoxy) is 5. The molecule has 0 aromatic heterocycles. The van der Waals surface area contributed by atoms with Crippen LogP contribution in [0.2, 0.25) is 0 Å². The summed E-state index contributed by atoms with van der Waals surface area (Å²) in [6, 6.07) is 9.91. The molecule has 1 aromatic rings. The molecule has 0 amide bonds. The van der Waals surface area contributed by atoms with Gasteiger partial charge in [-0.25, -0.2) is 0 Å². The maximum absolute atomic E-state index is 12.6. The third-order valence-corrected chi connectivity index (χ3v) is 6.48. The Bertz CT molecular complexity index is 898. The van der Waals surface area contributed by atoms with Crippen LogP contribution in [0.15, 0.2) is 42.5 Å². The molecular formula is C27H36O8. The molecule has 3 rings (SSSR count). The van der Waals surface area contributed by atoms with Crippen LogP contribution >= 0.6 is 0 Å². The monoisotopic (exact) mass is 488 g/mol. The van der Waals surface area contributed by atoms with Crippen molar-refractivity contribution in [3.05, 3.63) is 48.0 Å². The van der Waals surface area contributed by atoms with Crippen molar-refractivity contribution in [2.75, 3.05) is 6.61 Å². The van der Waals surface area contributed by atoms with Gasteiger partial charge in [0.05, 0.1) is 31.5 Å². The Morgan fingerprint density at radius 2 is 1.77 bits per heavy atom. The number of hydrogen-bond donors (Lipinski definition) is 0. The lowest BCUT2D eigenvalue weighted by molar-refractivity contribution is -0.189. The van der Waals surface area contributed by atoms with Gasteiger partial charge in [-0.05, 0) is 30.1 Å². The van der Waals surface area contributed by atoms with E-state index in [9.17, 15) is 14.4 Å².